The third kappa shape index (κ3) is 1.08. The molecule has 1 fully saturated rings. The Morgan fingerprint density at radius 1 is 1.29 bits per heavy atom. The molecule has 0 amide bonds. The third-order valence-corrected chi connectivity index (χ3v) is 3.05. The van der Waals surface area contributed by atoms with Crippen molar-refractivity contribution in [3.05, 3.63) is 35.5 Å². The Labute approximate surface area is 87.0 Å². The largest absolute Gasteiger partial charge is 0.377 e. The van der Waals surface area contributed by atoms with Gasteiger partial charge in [0.05, 0.1) is 19.3 Å². The van der Waals surface area contributed by atoms with Gasteiger partial charge in [-0.15, -0.1) is 0 Å². The number of hydrogen-bond acceptors (Lipinski definition) is 1. The van der Waals surface area contributed by atoms with E-state index in [1.165, 1.54) is 5.52 Å². The second kappa shape index (κ2) is 3.01. The molecular formula is C11H10ClNO. The van der Waals surface area contributed by atoms with Crippen molar-refractivity contribution < 1.29 is 4.74 Å². The molecule has 1 aliphatic rings. The maximum Gasteiger partial charge on any atom is 0.0803 e. The van der Waals surface area contributed by atoms with Crippen LogP contribution in [0.25, 0.3) is 10.9 Å². The molecule has 1 aromatic heterocycles. The Morgan fingerprint density at radius 3 is 2.86 bits per heavy atom. The molecule has 0 atom stereocenters. The first-order chi connectivity index (χ1) is 6.86. The highest BCUT2D eigenvalue weighted by molar-refractivity contribution is 6.35. The van der Waals surface area contributed by atoms with Crippen LogP contribution in [0.1, 0.15) is 6.04 Å². The monoisotopic (exact) mass is 207 g/mol. The van der Waals surface area contributed by atoms with Crippen LogP contribution in [-0.4, -0.2) is 17.8 Å². The summed E-state index contributed by atoms with van der Waals surface area (Å²) in [7, 11) is 0. The lowest BCUT2D eigenvalue weighted by molar-refractivity contribution is -0.0213. The molecule has 3 rings (SSSR count). The Morgan fingerprint density at radius 2 is 2.14 bits per heavy atom. The first-order valence-electron chi connectivity index (χ1n) is 4.69. The average Bonchev–Trinajstić information content (AvgIpc) is 2.48. The Bertz CT molecular complexity index is 473. The number of hydrogen-bond donors (Lipinski definition) is 0. The van der Waals surface area contributed by atoms with Crippen LogP contribution in [0.5, 0.6) is 0 Å². The van der Waals surface area contributed by atoms with Crippen LogP contribution in [0.15, 0.2) is 30.5 Å². The summed E-state index contributed by atoms with van der Waals surface area (Å²) in [6.07, 6.45) is 2.09. The second-order valence-corrected chi connectivity index (χ2v) is 3.99. The van der Waals surface area contributed by atoms with Crippen molar-refractivity contribution >= 4 is 22.5 Å². The molecule has 2 nitrogen and oxygen atoms in total. The van der Waals surface area contributed by atoms with E-state index < -0.39 is 0 Å². The zero-order valence-electron chi connectivity index (χ0n) is 7.61. The van der Waals surface area contributed by atoms with Crippen molar-refractivity contribution in [2.45, 2.75) is 6.04 Å². The number of benzene rings is 1. The van der Waals surface area contributed by atoms with Crippen LogP contribution in [0.2, 0.25) is 5.02 Å². The molecule has 1 saturated heterocycles. The Hall–Kier alpha value is -0.990. The van der Waals surface area contributed by atoms with Gasteiger partial charge in [-0.2, -0.15) is 0 Å². The van der Waals surface area contributed by atoms with Crippen LogP contribution < -0.4 is 0 Å². The van der Waals surface area contributed by atoms with E-state index in [1.807, 2.05) is 12.1 Å². The van der Waals surface area contributed by atoms with Crippen LogP contribution in [0.3, 0.4) is 0 Å². The van der Waals surface area contributed by atoms with Crippen molar-refractivity contribution in [2.24, 2.45) is 0 Å². The van der Waals surface area contributed by atoms with E-state index in [-0.39, 0.29) is 0 Å². The molecule has 0 N–H and O–H groups in total. The van der Waals surface area contributed by atoms with Gasteiger partial charge in [-0.1, -0.05) is 17.7 Å². The van der Waals surface area contributed by atoms with E-state index >= 15 is 0 Å². The third-order valence-electron chi connectivity index (χ3n) is 2.72. The van der Waals surface area contributed by atoms with Crippen molar-refractivity contribution in [1.82, 2.24) is 4.57 Å². The average molecular weight is 208 g/mol. The molecule has 3 heteroatoms. The number of ether oxygens (including phenoxy) is 1. The summed E-state index contributed by atoms with van der Waals surface area (Å²) in [6, 6.07) is 8.56. The zero-order chi connectivity index (χ0) is 9.54. The minimum Gasteiger partial charge on any atom is -0.377 e. The lowest BCUT2D eigenvalue weighted by atomic mass is 10.2. The summed E-state index contributed by atoms with van der Waals surface area (Å²) < 4.78 is 7.42. The Kier molecular flexibility index (Phi) is 1.79. The number of nitrogens with zero attached hydrogens (tertiary/aromatic N) is 1. The zero-order valence-corrected chi connectivity index (χ0v) is 8.37. The fourth-order valence-corrected chi connectivity index (χ4v) is 2.09. The van der Waals surface area contributed by atoms with Crippen molar-refractivity contribution in [3.8, 4) is 0 Å². The standard InChI is InChI=1S/C11H10ClNO/c12-10-2-1-3-11-9(10)4-5-13(11)8-6-14-7-8/h1-5,8H,6-7H2. The van der Waals surface area contributed by atoms with Crippen molar-refractivity contribution in [2.75, 3.05) is 13.2 Å². The summed E-state index contributed by atoms with van der Waals surface area (Å²) >= 11 is 6.09. The van der Waals surface area contributed by atoms with Gasteiger partial charge in [-0.25, -0.2) is 0 Å². The normalized spacial score (nSPS) is 17.2. The molecule has 1 aromatic carbocycles. The minimum atomic E-state index is 0.492. The molecule has 0 bridgehead atoms. The molecule has 0 spiro atoms. The molecule has 0 unspecified atom stereocenters. The van der Waals surface area contributed by atoms with Gasteiger partial charge in [0, 0.05) is 22.1 Å². The van der Waals surface area contributed by atoms with E-state index in [9.17, 15) is 0 Å². The highest BCUT2D eigenvalue weighted by Crippen LogP contribution is 2.28. The topological polar surface area (TPSA) is 14.2 Å². The first kappa shape index (κ1) is 8.33. The van der Waals surface area contributed by atoms with E-state index in [0.29, 0.717) is 6.04 Å². The number of fused-ring (bicyclic) bond motifs is 1. The van der Waals surface area contributed by atoms with Crippen molar-refractivity contribution in [3.63, 3.8) is 0 Å². The summed E-state index contributed by atoms with van der Waals surface area (Å²) in [6.45, 7) is 1.63. The molecule has 0 radical (unpaired) electrons. The van der Waals surface area contributed by atoms with Gasteiger partial charge in [-0.3, -0.25) is 0 Å². The minimum absolute atomic E-state index is 0.492. The maximum absolute atomic E-state index is 6.09. The van der Waals surface area contributed by atoms with E-state index in [1.54, 1.807) is 0 Å². The van der Waals surface area contributed by atoms with Gasteiger partial charge in [0.15, 0.2) is 0 Å². The first-order valence-corrected chi connectivity index (χ1v) is 5.07. The predicted octanol–water partition coefficient (Wildman–Crippen LogP) is 2.87. The molecular weight excluding hydrogens is 198 g/mol. The van der Waals surface area contributed by atoms with E-state index in [2.05, 4.69) is 22.9 Å². The smallest absolute Gasteiger partial charge is 0.0803 e. The number of rotatable bonds is 1. The number of aromatic nitrogens is 1. The quantitative estimate of drug-likeness (QED) is 0.702. The lowest BCUT2D eigenvalue weighted by Crippen LogP contribution is -2.29. The maximum atomic E-state index is 6.09. The van der Waals surface area contributed by atoms with Crippen LogP contribution >= 0.6 is 11.6 Å². The van der Waals surface area contributed by atoms with Gasteiger partial charge >= 0.3 is 0 Å². The summed E-state index contributed by atoms with van der Waals surface area (Å²) in [5.74, 6) is 0. The molecule has 0 saturated carbocycles. The SMILES string of the molecule is Clc1cccc2c1ccn2C1COC1. The molecule has 72 valence electrons. The number of halogens is 1. The van der Waals surface area contributed by atoms with Crippen LogP contribution in [0.4, 0.5) is 0 Å². The summed E-state index contributed by atoms with van der Waals surface area (Å²) in [4.78, 5) is 0. The molecule has 0 aliphatic carbocycles. The lowest BCUT2D eigenvalue weighted by Gasteiger charge is -2.28. The van der Waals surface area contributed by atoms with Crippen molar-refractivity contribution in [1.29, 1.82) is 0 Å². The van der Waals surface area contributed by atoms with Gasteiger partial charge < -0.3 is 9.30 Å². The highest BCUT2D eigenvalue weighted by Gasteiger charge is 2.21. The predicted molar refractivity (Wildman–Crippen MR) is 56.8 cm³/mol. The van der Waals surface area contributed by atoms with Gasteiger partial charge in [0.2, 0.25) is 0 Å². The van der Waals surface area contributed by atoms with E-state index in [4.69, 9.17) is 16.3 Å². The summed E-state index contributed by atoms with van der Waals surface area (Å²) in [5, 5.41) is 1.95. The Balaban J connectivity index is 2.20. The fourth-order valence-electron chi connectivity index (χ4n) is 1.85. The fraction of sp³-hybridized carbons (Fsp3) is 0.273. The molecule has 1 aliphatic heterocycles. The van der Waals surface area contributed by atoms with Crippen LogP contribution in [0, 0.1) is 0 Å². The van der Waals surface area contributed by atoms with Gasteiger partial charge in [-0.05, 0) is 18.2 Å². The van der Waals surface area contributed by atoms with Crippen LogP contribution in [-0.2, 0) is 4.74 Å². The highest BCUT2D eigenvalue weighted by atomic mass is 35.5. The second-order valence-electron chi connectivity index (χ2n) is 3.59. The van der Waals surface area contributed by atoms with E-state index in [0.717, 1.165) is 23.6 Å². The molecule has 2 heterocycles. The molecule has 2 aromatic rings. The summed E-state index contributed by atoms with van der Waals surface area (Å²) in [5.41, 5.74) is 1.20. The molecule has 14 heavy (non-hydrogen) atoms. The van der Waals surface area contributed by atoms with Gasteiger partial charge in [0.1, 0.15) is 0 Å². The van der Waals surface area contributed by atoms with Gasteiger partial charge in [0.25, 0.3) is 0 Å².